The van der Waals surface area contributed by atoms with Crippen LogP contribution in [0, 0.1) is 0 Å². The van der Waals surface area contributed by atoms with Crippen LogP contribution in [0.3, 0.4) is 0 Å². The smallest absolute Gasteiger partial charge is 0.344 e. The molecule has 0 unspecified atom stereocenters. The van der Waals surface area contributed by atoms with Crippen LogP contribution in [-0.2, 0) is 16.1 Å². The molecule has 0 aliphatic carbocycles. The van der Waals surface area contributed by atoms with Crippen LogP contribution in [-0.4, -0.2) is 59.7 Å². The third-order valence-electron chi connectivity index (χ3n) is 7.21. The number of nitrogens with one attached hydrogen (secondary N) is 1. The molecule has 2 aliphatic heterocycles. The normalized spacial score (nSPS) is 19.8. The van der Waals surface area contributed by atoms with Crippen LogP contribution in [0.25, 0.3) is 0 Å². The van der Waals surface area contributed by atoms with Crippen LogP contribution in [0.1, 0.15) is 61.9 Å². The van der Waals surface area contributed by atoms with E-state index >= 15 is 0 Å². The SMILES string of the molecule is CCOC(=O)C1(F)CCN(c2ccc(C(=O)Nc3cc(CN4CCC[C@H]4CC)c(Br)cn3)cc2)CC1. The highest BCUT2D eigenvalue weighted by molar-refractivity contribution is 9.10. The average molecular weight is 561 g/mol. The average Bonchev–Trinajstić information content (AvgIpc) is 3.34. The van der Waals surface area contributed by atoms with Crippen molar-refractivity contribution in [1.82, 2.24) is 9.88 Å². The Balaban J connectivity index is 1.36. The molecule has 2 fully saturated rings. The Morgan fingerprint density at radius 3 is 2.58 bits per heavy atom. The van der Waals surface area contributed by atoms with E-state index in [9.17, 15) is 14.0 Å². The van der Waals surface area contributed by atoms with E-state index in [-0.39, 0.29) is 25.4 Å². The van der Waals surface area contributed by atoms with E-state index in [1.165, 1.54) is 12.8 Å². The maximum Gasteiger partial charge on any atom is 0.344 e. The van der Waals surface area contributed by atoms with Gasteiger partial charge in [0.1, 0.15) is 5.82 Å². The van der Waals surface area contributed by atoms with Crippen molar-refractivity contribution in [2.75, 3.05) is 36.5 Å². The quantitative estimate of drug-likeness (QED) is 0.439. The standard InChI is InChI=1S/C27H34BrFN4O3/c1-3-21-6-5-13-33(21)18-20-16-24(30-17-23(20)28)31-25(34)19-7-9-22(10-8-19)32-14-11-27(29,12-15-32)26(35)36-4-2/h7-10,16-17,21H,3-6,11-15,18H2,1-2H3,(H,30,31,34)/t21-/m1/s1. The molecule has 4 rings (SSSR count). The topological polar surface area (TPSA) is 74.8 Å². The molecule has 194 valence electrons. The van der Waals surface area contributed by atoms with Gasteiger partial charge in [-0.15, -0.1) is 0 Å². The van der Waals surface area contributed by atoms with Crippen molar-refractivity contribution in [2.24, 2.45) is 0 Å². The minimum Gasteiger partial charge on any atom is -0.464 e. The molecule has 2 aliphatic rings. The molecule has 1 N–H and O–H groups in total. The van der Waals surface area contributed by atoms with Crippen molar-refractivity contribution in [3.8, 4) is 0 Å². The highest BCUT2D eigenvalue weighted by Gasteiger charge is 2.43. The van der Waals surface area contributed by atoms with E-state index < -0.39 is 11.6 Å². The van der Waals surface area contributed by atoms with E-state index in [0.717, 1.165) is 35.2 Å². The van der Waals surface area contributed by atoms with Crippen molar-refractivity contribution in [1.29, 1.82) is 0 Å². The van der Waals surface area contributed by atoms with E-state index in [0.29, 0.717) is 30.5 Å². The molecule has 1 atom stereocenters. The van der Waals surface area contributed by atoms with Crippen molar-refractivity contribution in [2.45, 2.75) is 64.2 Å². The molecular formula is C27H34BrFN4O3. The summed E-state index contributed by atoms with van der Waals surface area (Å²) < 4.78 is 20.7. The van der Waals surface area contributed by atoms with Gasteiger partial charge in [0.25, 0.3) is 5.91 Å². The molecule has 7 nitrogen and oxygen atoms in total. The number of hydrogen-bond donors (Lipinski definition) is 1. The lowest BCUT2D eigenvalue weighted by Crippen LogP contribution is -2.47. The van der Waals surface area contributed by atoms with Gasteiger partial charge in [-0.05, 0) is 84.6 Å². The zero-order chi connectivity index (χ0) is 25.7. The van der Waals surface area contributed by atoms with Gasteiger partial charge in [0.15, 0.2) is 0 Å². The van der Waals surface area contributed by atoms with Crippen LogP contribution < -0.4 is 10.2 Å². The van der Waals surface area contributed by atoms with Crippen LogP contribution >= 0.6 is 15.9 Å². The number of esters is 1. The summed E-state index contributed by atoms with van der Waals surface area (Å²) in [4.78, 5) is 33.7. The number of carbonyl (C=O) groups is 2. The first-order valence-corrected chi connectivity index (χ1v) is 13.5. The molecule has 9 heteroatoms. The number of benzene rings is 1. The summed E-state index contributed by atoms with van der Waals surface area (Å²) >= 11 is 3.60. The Morgan fingerprint density at radius 1 is 1.19 bits per heavy atom. The van der Waals surface area contributed by atoms with Crippen LogP contribution in [0.15, 0.2) is 41.0 Å². The molecule has 0 bridgehead atoms. The molecule has 36 heavy (non-hydrogen) atoms. The summed E-state index contributed by atoms with van der Waals surface area (Å²) in [6.45, 7) is 6.80. The number of hydrogen-bond acceptors (Lipinski definition) is 6. The van der Waals surface area contributed by atoms with Crippen molar-refractivity contribution in [3.05, 3.63) is 52.1 Å². The Labute approximate surface area is 220 Å². The number of ether oxygens (including phenoxy) is 1. The maximum absolute atomic E-state index is 14.9. The Morgan fingerprint density at radius 2 is 1.92 bits per heavy atom. The number of carbonyl (C=O) groups excluding carboxylic acids is 2. The summed E-state index contributed by atoms with van der Waals surface area (Å²) in [7, 11) is 0. The van der Waals surface area contributed by atoms with Gasteiger partial charge in [0.2, 0.25) is 5.67 Å². The van der Waals surface area contributed by atoms with Crippen molar-refractivity contribution >= 4 is 39.3 Å². The van der Waals surface area contributed by atoms with Crippen LogP contribution in [0.5, 0.6) is 0 Å². The van der Waals surface area contributed by atoms with Crippen molar-refractivity contribution < 1.29 is 18.7 Å². The zero-order valence-corrected chi connectivity index (χ0v) is 22.5. The van der Waals surface area contributed by atoms with Gasteiger partial charge in [-0.2, -0.15) is 0 Å². The van der Waals surface area contributed by atoms with Gasteiger partial charge in [-0.1, -0.05) is 6.92 Å². The minimum absolute atomic E-state index is 0.0854. The molecule has 0 saturated carbocycles. The van der Waals surface area contributed by atoms with E-state index in [1.807, 2.05) is 23.1 Å². The maximum atomic E-state index is 14.9. The van der Waals surface area contributed by atoms with E-state index in [2.05, 4.69) is 38.1 Å². The summed E-state index contributed by atoms with van der Waals surface area (Å²) in [5.74, 6) is -0.491. The van der Waals surface area contributed by atoms with Crippen LogP contribution in [0.4, 0.5) is 15.9 Å². The van der Waals surface area contributed by atoms with Gasteiger partial charge in [0.05, 0.1) is 6.61 Å². The second-order valence-electron chi connectivity index (χ2n) is 9.51. The highest BCUT2D eigenvalue weighted by Crippen LogP contribution is 2.31. The largest absolute Gasteiger partial charge is 0.464 e. The van der Waals surface area contributed by atoms with Gasteiger partial charge < -0.3 is 15.0 Å². The molecule has 0 radical (unpaired) electrons. The predicted octanol–water partition coefficient (Wildman–Crippen LogP) is 5.34. The first-order chi connectivity index (χ1) is 17.3. The van der Waals surface area contributed by atoms with Crippen LogP contribution in [0.2, 0.25) is 0 Å². The van der Waals surface area contributed by atoms with Crippen molar-refractivity contribution in [3.63, 3.8) is 0 Å². The molecular weight excluding hydrogens is 527 g/mol. The number of nitrogens with zero attached hydrogens (tertiary/aromatic N) is 3. The Kier molecular flexibility index (Phi) is 8.62. The lowest BCUT2D eigenvalue weighted by atomic mass is 9.93. The lowest BCUT2D eigenvalue weighted by molar-refractivity contribution is -0.158. The number of pyridine rings is 1. The number of alkyl halides is 1. The molecule has 3 heterocycles. The Bertz CT molecular complexity index is 1070. The molecule has 1 amide bonds. The molecule has 1 aromatic heterocycles. The Hall–Kier alpha value is -2.52. The van der Waals surface area contributed by atoms with Gasteiger partial charge in [0, 0.05) is 60.4 Å². The molecule has 1 aromatic carbocycles. The first kappa shape index (κ1) is 26.5. The summed E-state index contributed by atoms with van der Waals surface area (Å²) in [5.41, 5.74) is 0.583. The predicted molar refractivity (Wildman–Crippen MR) is 142 cm³/mol. The number of aromatic nitrogens is 1. The van der Waals surface area contributed by atoms with Gasteiger partial charge >= 0.3 is 5.97 Å². The number of piperidine rings is 1. The van der Waals surface area contributed by atoms with Gasteiger partial charge in [-0.3, -0.25) is 9.69 Å². The fraction of sp³-hybridized carbons (Fsp3) is 0.519. The van der Waals surface area contributed by atoms with E-state index in [1.54, 1.807) is 25.3 Å². The summed E-state index contributed by atoms with van der Waals surface area (Å²) in [6.07, 6.45) is 5.50. The number of halogens is 2. The van der Waals surface area contributed by atoms with E-state index in [4.69, 9.17) is 4.74 Å². The zero-order valence-electron chi connectivity index (χ0n) is 20.9. The van der Waals surface area contributed by atoms with Gasteiger partial charge in [-0.25, -0.2) is 14.2 Å². The fourth-order valence-electron chi connectivity index (χ4n) is 5.05. The second kappa shape index (κ2) is 11.7. The monoisotopic (exact) mass is 560 g/mol. The molecule has 0 spiro atoms. The number of rotatable bonds is 8. The summed E-state index contributed by atoms with van der Waals surface area (Å²) in [5, 5.41) is 2.91. The molecule has 2 aromatic rings. The molecule has 2 saturated heterocycles. The lowest BCUT2D eigenvalue weighted by Gasteiger charge is -2.36. The summed E-state index contributed by atoms with van der Waals surface area (Å²) in [6, 6.07) is 9.74. The fourth-order valence-corrected chi connectivity index (χ4v) is 5.39. The highest BCUT2D eigenvalue weighted by atomic mass is 79.9. The minimum atomic E-state index is -1.92. The first-order valence-electron chi connectivity index (χ1n) is 12.7. The number of likely N-dealkylation sites (tertiary alicyclic amines) is 1. The number of anilines is 2. The number of amides is 1. The third kappa shape index (κ3) is 6.06. The third-order valence-corrected chi connectivity index (χ3v) is 7.93. The second-order valence-corrected chi connectivity index (χ2v) is 10.4.